The number of hydrogen-bond acceptors (Lipinski definition) is 3. The van der Waals surface area contributed by atoms with Gasteiger partial charge in [0.2, 0.25) is 5.91 Å². The number of hydrogen-bond donors (Lipinski definition) is 2. The lowest BCUT2D eigenvalue weighted by Crippen LogP contribution is -2.47. The third-order valence-electron chi connectivity index (χ3n) is 4.63. The predicted molar refractivity (Wildman–Crippen MR) is 102 cm³/mol. The van der Waals surface area contributed by atoms with Gasteiger partial charge in [-0.3, -0.25) is 14.4 Å². The molecular formula is C21H22FN3O3. The number of rotatable bonds is 6. The van der Waals surface area contributed by atoms with Gasteiger partial charge in [0.05, 0.1) is 0 Å². The van der Waals surface area contributed by atoms with Crippen LogP contribution >= 0.6 is 0 Å². The summed E-state index contributed by atoms with van der Waals surface area (Å²) >= 11 is 0. The van der Waals surface area contributed by atoms with Crippen molar-refractivity contribution in [2.75, 3.05) is 19.6 Å². The Bertz CT molecular complexity index is 857. The summed E-state index contributed by atoms with van der Waals surface area (Å²) in [4.78, 5) is 38.5. The van der Waals surface area contributed by atoms with Crippen molar-refractivity contribution >= 4 is 17.7 Å². The standard InChI is InChI=1S/C21H22FN3O3/c22-17-9-4-8-16(14-17)21(28)25-13-5-10-18(25)20(27)24-12-11-23-19(26)15-6-2-1-3-7-15/h1-4,6-9,14,18H,5,10-13H2,(H,23,26)(H,24,27)/t18-/m1/s1. The average Bonchev–Trinajstić information content (AvgIpc) is 3.21. The Morgan fingerprint density at radius 2 is 1.68 bits per heavy atom. The molecule has 3 rings (SSSR count). The second kappa shape index (κ2) is 9.12. The van der Waals surface area contributed by atoms with E-state index in [1.54, 1.807) is 24.3 Å². The summed E-state index contributed by atoms with van der Waals surface area (Å²) in [6, 6.07) is 13.7. The number of likely N-dealkylation sites (tertiary alicyclic amines) is 1. The number of carbonyl (C=O) groups is 3. The summed E-state index contributed by atoms with van der Waals surface area (Å²) < 4.78 is 13.4. The highest BCUT2D eigenvalue weighted by Gasteiger charge is 2.34. The van der Waals surface area contributed by atoms with E-state index in [2.05, 4.69) is 10.6 Å². The summed E-state index contributed by atoms with van der Waals surface area (Å²) in [7, 11) is 0. The first kappa shape index (κ1) is 19.5. The highest BCUT2D eigenvalue weighted by atomic mass is 19.1. The highest BCUT2D eigenvalue weighted by molar-refractivity contribution is 5.98. The molecule has 6 nitrogen and oxygen atoms in total. The van der Waals surface area contributed by atoms with E-state index in [0.717, 1.165) is 0 Å². The zero-order valence-electron chi connectivity index (χ0n) is 15.4. The first-order valence-electron chi connectivity index (χ1n) is 9.24. The van der Waals surface area contributed by atoms with Crippen molar-refractivity contribution in [2.45, 2.75) is 18.9 Å². The molecule has 146 valence electrons. The number of nitrogens with one attached hydrogen (secondary N) is 2. The zero-order chi connectivity index (χ0) is 19.9. The molecule has 1 aliphatic heterocycles. The topological polar surface area (TPSA) is 78.5 Å². The molecule has 0 saturated carbocycles. The van der Waals surface area contributed by atoms with E-state index >= 15 is 0 Å². The Hall–Kier alpha value is -3.22. The molecule has 0 radical (unpaired) electrons. The first-order valence-corrected chi connectivity index (χ1v) is 9.24. The van der Waals surface area contributed by atoms with Crippen LogP contribution in [-0.4, -0.2) is 48.3 Å². The van der Waals surface area contributed by atoms with Crippen LogP contribution in [0.5, 0.6) is 0 Å². The molecule has 7 heteroatoms. The second-order valence-corrected chi connectivity index (χ2v) is 6.58. The molecule has 2 N–H and O–H groups in total. The summed E-state index contributed by atoms with van der Waals surface area (Å²) in [6.07, 6.45) is 1.27. The van der Waals surface area contributed by atoms with Crippen LogP contribution in [0.2, 0.25) is 0 Å². The van der Waals surface area contributed by atoms with Crippen LogP contribution in [0.15, 0.2) is 54.6 Å². The minimum absolute atomic E-state index is 0.210. The van der Waals surface area contributed by atoms with Crippen LogP contribution < -0.4 is 10.6 Å². The van der Waals surface area contributed by atoms with Crippen molar-refractivity contribution in [3.63, 3.8) is 0 Å². The first-order chi connectivity index (χ1) is 13.6. The summed E-state index contributed by atoms with van der Waals surface area (Å²) in [5.41, 5.74) is 0.784. The molecule has 2 aromatic rings. The third-order valence-corrected chi connectivity index (χ3v) is 4.63. The maximum atomic E-state index is 13.4. The van der Waals surface area contributed by atoms with Crippen molar-refractivity contribution in [3.8, 4) is 0 Å². The van der Waals surface area contributed by atoms with Crippen molar-refractivity contribution in [3.05, 3.63) is 71.5 Å². The van der Waals surface area contributed by atoms with E-state index in [1.165, 1.54) is 29.2 Å². The molecule has 1 atom stereocenters. The molecule has 28 heavy (non-hydrogen) atoms. The van der Waals surface area contributed by atoms with Crippen molar-refractivity contribution in [2.24, 2.45) is 0 Å². The Labute approximate surface area is 162 Å². The van der Waals surface area contributed by atoms with Crippen LogP contribution in [0.4, 0.5) is 4.39 Å². The minimum atomic E-state index is -0.583. The van der Waals surface area contributed by atoms with Gasteiger partial charge >= 0.3 is 0 Å². The fourth-order valence-corrected chi connectivity index (χ4v) is 3.24. The largest absolute Gasteiger partial charge is 0.353 e. The molecule has 1 saturated heterocycles. The predicted octanol–water partition coefficient (Wildman–Crippen LogP) is 1.98. The molecule has 0 spiro atoms. The molecule has 0 aromatic heterocycles. The number of amides is 3. The van der Waals surface area contributed by atoms with Crippen LogP contribution in [0, 0.1) is 5.82 Å². The van der Waals surface area contributed by atoms with Gasteiger partial charge in [0, 0.05) is 30.8 Å². The molecule has 1 heterocycles. The Morgan fingerprint density at radius 3 is 2.43 bits per heavy atom. The average molecular weight is 383 g/mol. The third kappa shape index (κ3) is 4.73. The molecule has 0 aliphatic carbocycles. The monoisotopic (exact) mass is 383 g/mol. The molecule has 1 aliphatic rings. The zero-order valence-corrected chi connectivity index (χ0v) is 15.4. The van der Waals surface area contributed by atoms with E-state index in [1.807, 2.05) is 6.07 Å². The van der Waals surface area contributed by atoms with Gasteiger partial charge in [-0.2, -0.15) is 0 Å². The lowest BCUT2D eigenvalue weighted by Gasteiger charge is -2.24. The van der Waals surface area contributed by atoms with Crippen LogP contribution in [0.3, 0.4) is 0 Å². The van der Waals surface area contributed by atoms with Crippen LogP contribution in [-0.2, 0) is 4.79 Å². The maximum Gasteiger partial charge on any atom is 0.254 e. The van der Waals surface area contributed by atoms with Gasteiger partial charge in [0.15, 0.2) is 0 Å². The van der Waals surface area contributed by atoms with E-state index in [9.17, 15) is 18.8 Å². The van der Waals surface area contributed by atoms with Gasteiger partial charge in [-0.05, 0) is 43.2 Å². The quantitative estimate of drug-likeness (QED) is 0.749. The van der Waals surface area contributed by atoms with Crippen molar-refractivity contribution < 1.29 is 18.8 Å². The molecule has 1 fully saturated rings. The number of halogens is 1. The van der Waals surface area contributed by atoms with Crippen LogP contribution in [0.1, 0.15) is 33.6 Å². The smallest absolute Gasteiger partial charge is 0.254 e. The van der Waals surface area contributed by atoms with E-state index < -0.39 is 11.9 Å². The van der Waals surface area contributed by atoms with Gasteiger partial charge in [0.1, 0.15) is 11.9 Å². The number of carbonyl (C=O) groups excluding carboxylic acids is 3. The maximum absolute atomic E-state index is 13.4. The van der Waals surface area contributed by atoms with Gasteiger partial charge in [-0.1, -0.05) is 24.3 Å². The van der Waals surface area contributed by atoms with Crippen molar-refractivity contribution in [1.82, 2.24) is 15.5 Å². The lowest BCUT2D eigenvalue weighted by molar-refractivity contribution is -0.124. The summed E-state index contributed by atoms with van der Waals surface area (Å²) in [5, 5.41) is 5.49. The van der Waals surface area contributed by atoms with E-state index in [0.29, 0.717) is 24.9 Å². The fourth-order valence-electron chi connectivity index (χ4n) is 3.24. The Morgan fingerprint density at radius 1 is 0.964 bits per heavy atom. The van der Waals surface area contributed by atoms with Gasteiger partial charge in [-0.15, -0.1) is 0 Å². The molecular weight excluding hydrogens is 361 g/mol. The van der Waals surface area contributed by atoms with E-state index in [-0.39, 0.29) is 36.4 Å². The molecule has 2 aromatic carbocycles. The van der Waals surface area contributed by atoms with Gasteiger partial charge in [-0.25, -0.2) is 4.39 Å². The second-order valence-electron chi connectivity index (χ2n) is 6.58. The summed E-state index contributed by atoms with van der Waals surface area (Å²) in [6.45, 7) is 0.998. The lowest BCUT2D eigenvalue weighted by atomic mass is 10.1. The fraction of sp³-hybridized carbons (Fsp3) is 0.286. The Balaban J connectivity index is 1.49. The highest BCUT2D eigenvalue weighted by Crippen LogP contribution is 2.20. The number of nitrogens with zero attached hydrogens (tertiary/aromatic N) is 1. The van der Waals surface area contributed by atoms with Crippen LogP contribution in [0.25, 0.3) is 0 Å². The van der Waals surface area contributed by atoms with Crippen molar-refractivity contribution in [1.29, 1.82) is 0 Å². The molecule has 0 bridgehead atoms. The normalized spacial score (nSPS) is 15.9. The Kier molecular flexibility index (Phi) is 6.37. The molecule has 3 amide bonds. The van der Waals surface area contributed by atoms with E-state index in [4.69, 9.17) is 0 Å². The number of benzene rings is 2. The minimum Gasteiger partial charge on any atom is -0.353 e. The summed E-state index contributed by atoms with van der Waals surface area (Å²) in [5.74, 6) is -1.32. The van der Waals surface area contributed by atoms with Gasteiger partial charge < -0.3 is 15.5 Å². The SMILES string of the molecule is O=C(NCCNC(=O)[C@H]1CCCN1C(=O)c1cccc(F)c1)c1ccccc1. The molecule has 0 unspecified atom stereocenters. The van der Waals surface area contributed by atoms with Gasteiger partial charge in [0.25, 0.3) is 11.8 Å².